The Hall–Kier alpha value is -4.16. The van der Waals surface area contributed by atoms with Crippen molar-refractivity contribution in [2.24, 2.45) is 5.41 Å². The van der Waals surface area contributed by atoms with Crippen molar-refractivity contribution < 1.29 is 14.3 Å². The van der Waals surface area contributed by atoms with E-state index in [4.69, 9.17) is 19.4 Å². The molecule has 1 amide bonds. The van der Waals surface area contributed by atoms with Gasteiger partial charge in [-0.2, -0.15) is 15.2 Å². The maximum atomic E-state index is 12.6. The van der Waals surface area contributed by atoms with Gasteiger partial charge in [0.05, 0.1) is 43.5 Å². The van der Waals surface area contributed by atoms with Crippen LogP contribution in [-0.4, -0.2) is 72.3 Å². The summed E-state index contributed by atoms with van der Waals surface area (Å²) < 4.78 is 12.4. The Morgan fingerprint density at radius 2 is 1.96 bits per heavy atom. The van der Waals surface area contributed by atoms with E-state index in [0.717, 1.165) is 36.5 Å². The third-order valence-electron chi connectivity index (χ3n) is 10.3. The van der Waals surface area contributed by atoms with Crippen molar-refractivity contribution in [2.75, 3.05) is 49.2 Å². The Morgan fingerprint density at radius 3 is 2.73 bits per heavy atom. The minimum atomic E-state index is -0.238. The summed E-state index contributed by atoms with van der Waals surface area (Å²) in [7, 11) is 0. The van der Waals surface area contributed by atoms with E-state index in [1.54, 1.807) is 4.90 Å². The van der Waals surface area contributed by atoms with Gasteiger partial charge in [-0.1, -0.05) is 36.9 Å². The van der Waals surface area contributed by atoms with Gasteiger partial charge in [0.25, 0.3) is 0 Å². The molecule has 0 N–H and O–H groups in total. The minimum Gasteiger partial charge on any atom is -0.461 e. The Morgan fingerprint density at radius 1 is 1.11 bits per heavy atom. The van der Waals surface area contributed by atoms with Crippen LogP contribution in [0, 0.1) is 23.7 Å². The Labute approximate surface area is 265 Å². The zero-order valence-corrected chi connectivity index (χ0v) is 26.2. The lowest BCUT2D eigenvalue weighted by atomic mass is 9.99. The first-order valence-electron chi connectivity index (χ1n) is 16.4. The van der Waals surface area contributed by atoms with Gasteiger partial charge in [-0.15, -0.1) is 0 Å². The summed E-state index contributed by atoms with van der Waals surface area (Å²) in [6.45, 7) is 9.87. The highest BCUT2D eigenvalue weighted by Crippen LogP contribution is 2.58. The van der Waals surface area contributed by atoms with Crippen LogP contribution in [0.15, 0.2) is 49.1 Å². The molecular formula is C36H42N6O3. The Bertz CT molecular complexity index is 1640. The first-order chi connectivity index (χ1) is 22.0. The SMILES string of the molecule is C=CC(=O)N1CCN(c2nc(OCCOC3CCC4(CC4)C3)nc3c2CCN(c2cccc4cccc(C)c24)C3)C[C@@H]1CC#N. The molecule has 1 saturated heterocycles. The summed E-state index contributed by atoms with van der Waals surface area (Å²) in [6.07, 6.45) is 9.04. The van der Waals surface area contributed by atoms with Gasteiger partial charge in [0.1, 0.15) is 12.4 Å². The summed E-state index contributed by atoms with van der Waals surface area (Å²) >= 11 is 0. The van der Waals surface area contributed by atoms with E-state index >= 15 is 0 Å². The zero-order chi connectivity index (χ0) is 31.0. The number of anilines is 2. The molecule has 2 aromatic carbocycles. The highest BCUT2D eigenvalue weighted by molar-refractivity contribution is 5.97. The molecule has 7 rings (SSSR count). The van der Waals surface area contributed by atoms with Gasteiger partial charge in [0.2, 0.25) is 5.91 Å². The number of hydrogen-bond acceptors (Lipinski definition) is 8. The minimum absolute atomic E-state index is 0.139. The second-order valence-corrected chi connectivity index (χ2v) is 13.2. The average molecular weight is 607 g/mol. The van der Waals surface area contributed by atoms with Crippen molar-refractivity contribution in [1.29, 1.82) is 5.26 Å². The van der Waals surface area contributed by atoms with Crippen molar-refractivity contribution in [3.8, 4) is 12.1 Å². The van der Waals surface area contributed by atoms with E-state index in [1.165, 1.54) is 53.8 Å². The number of fused-ring (bicyclic) bond motifs is 2. The summed E-state index contributed by atoms with van der Waals surface area (Å²) in [4.78, 5) is 28.9. The summed E-state index contributed by atoms with van der Waals surface area (Å²) in [5, 5.41) is 12.1. The molecule has 1 unspecified atom stereocenters. The molecule has 9 nitrogen and oxygen atoms in total. The standard InChI is InChI=1S/C36H42N6O3/c1-3-32(43)42-19-18-41(23-27(42)11-16-37)34-29-12-17-40(31-9-5-8-26-7-4-6-25(2)33(26)31)24-30(29)38-35(39-34)45-21-20-44-28-10-13-36(22-28)14-15-36/h3-9,27-28H,1,10-15,17-24H2,2H3/t27-,28?/m0/s1. The predicted octanol–water partition coefficient (Wildman–Crippen LogP) is 5.35. The number of amides is 1. The van der Waals surface area contributed by atoms with Gasteiger partial charge >= 0.3 is 6.01 Å². The van der Waals surface area contributed by atoms with E-state index in [-0.39, 0.29) is 18.4 Å². The van der Waals surface area contributed by atoms with Crippen LogP contribution in [0.25, 0.3) is 10.8 Å². The zero-order valence-electron chi connectivity index (χ0n) is 26.2. The summed E-state index contributed by atoms with van der Waals surface area (Å²) in [5.74, 6) is 0.712. The van der Waals surface area contributed by atoms with Crippen molar-refractivity contribution in [1.82, 2.24) is 14.9 Å². The Kier molecular flexibility index (Phi) is 8.09. The van der Waals surface area contributed by atoms with Gasteiger partial charge in [0.15, 0.2) is 0 Å². The Balaban J connectivity index is 1.15. The molecule has 2 atom stereocenters. The van der Waals surface area contributed by atoms with Crippen molar-refractivity contribution >= 4 is 28.2 Å². The number of hydrogen-bond donors (Lipinski definition) is 0. The van der Waals surface area contributed by atoms with Crippen LogP contribution in [0.3, 0.4) is 0 Å². The van der Waals surface area contributed by atoms with Crippen LogP contribution in [-0.2, 0) is 22.5 Å². The fraction of sp³-hybridized carbons (Fsp3) is 0.500. The van der Waals surface area contributed by atoms with Crippen molar-refractivity contribution in [3.05, 3.63) is 65.9 Å². The fourth-order valence-corrected chi connectivity index (χ4v) is 7.70. The van der Waals surface area contributed by atoms with Crippen LogP contribution in [0.1, 0.15) is 55.3 Å². The molecule has 0 radical (unpaired) electrons. The molecule has 2 aliphatic heterocycles. The third-order valence-corrected chi connectivity index (χ3v) is 10.3. The van der Waals surface area contributed by atoms with Gasteiger partial charge in [0, 0.05) is 42.8 Å². The number of rotatable bonds is 9. The number of carbonyl (C=O) groups is 1. The van der Waals surface area contributed by atoms with E-state index in [0.29, 0.717) is 56.9 Å². The lowest BCUT2D eigenvalue weighted by molar-refractivity contribution is -0.128. The number of carbonyl (C=O) groups excluding carboxylic acids is 1. The molecule has 45 heavy (non-hydrogen) atoms. The van der Waals surface area contributed by atoms with Crippen LogP contribution < -0.4 is 14.5 Å². The molecular weight excluding hydrogens is 564 g/mol. The van der Waals surface area contributed by atoms with Gasteiger partial charge < -0.3 is 24.2 Å². The molecule has 0 bridgehead atoms. The normalized spacial score (nSPS) is 21.9. The molecule has 3 fully saturated rings. The second-order valence-electron chi connectivity index (χ2n) is 13.2. The highest BCUT2D eigenvalue weighted by Gasteiger charge is 2.48. The molecule has 3 heterocycles. The second kappa shape index (κ2) is 12.3. The van der Waals surface area contributed by atoms with E-state index in [9.17, 15) is 10.1 Å². The molecule has 2 aliphatic carbocycles. The van der Waals surface area contributed by atoms with E-state index in [1.807, 2.05) is 0 Å². The van der Waals surface area contributed by atoms with Crippen LogP contribution in [0.2, 0.25) is 0 Å². The molecule has 4 aliphatic rings. The van der Waals surface area contributed by atoms with Gasteiger partial charge in [-0.05, 0) is 74.0 Å². The fourth-order valence-electron chi connectivity index (χ4n) is 7.70. The number of aromatic nitrogens is 2. The number of nitrogens with zero attached hydrogens (tertiary/aromatic N) is 6. The molecule has 1 spiro atoms. The smallest absolute Gasteiger partial charge is 0.318 e. The predicted molar refractivity (Wildman–Crippen MR) is 174 cm³/mol. The molecule has 3 aromatic rings. The quantitative estimate of drug-likeness (QED) is 0.238. The highest BCUT2D eigenvalue weighted by atomic mass is 16.5. The van der Waals surface area contributed by atoms with Crippen LogP contribution >= 0.6 is 0 Å². The largest absolute Gasteiger partial charge is 0.461 e. The summed E-state index contributed by atoms with van der Waals surface area (Å²) in [5.41, 5.74) is 5.13. The molecule has 1 aromatic heterocycles. The van der Waals surface area contributed by atoms with Crippen molar-refractivity contribution in [3.63, 3.8) is 0 Å². The number of nitriles is 1. The van der Waals surface area contributed by atoms with Gasteiger partial charge in [-0.25, -0.2) is 0 Å². The number of ether oxygens (including phenoxy) is 2. The maximum absolute atomic E-state index is 12.6. The lowest BCUT2D eigenvalue weighted by Crippen LogP contribution is -2.55. The third kappa shape index (κ3) is 5.96. The monoisotopic (exact) mass is 606 g/mol. The molecule has 234 valence electrons. The maximum Gasteiger partial charge on any atom is 0.318 e. The van der Waals surface area contributed by atoms with Crippen LogP contribution in [0.4, 0.5) is 11.5 Å². The van der Waals surface area contributed by atoms with Gasteiger partial charge in [-0.3, -0.25) is 4.79 Å². The molecule has 9 heteroatoms. The number of benzene rings is 2. The van der Waals surface area contributed by atoms with Crippen LogP contribution in [0.5, 0.6) is 6.01 Å². The lowest BCUT2D eigenvalue weighted by Gasteiger charge is -2.42. The van der Waals surface area contributed by atoms with Crippen molar-refractivity contribution in [2.45, 2.75) is 70.6 Å². The first kappa shape index (κ1) is 29.5. The van der Waals surface area contributed by atoms with E-state index in [2.05, 4.69) is 65.8 Å². The topological polar surface area (TPSA) is 94.8 Å². The first-order valence-corrected chi connectivity index (χ1v) is 16.4. The molecule has 2 saturated carbocycles. The number of aryl methyl sites for hydroxylation is 1. The number of piperazine rings is 1. The average Bonchev–Trinajstić information content (AvgIpc) is 3.71. The summed E-state index contributed by atoms with van der Waals surface area (Å²) in [6, 6.07) is 15.3. The van der Waals surface area contributed by atoms with E-state index < -0.39 is 0 Å².